The number of nitrogens with two attached hydrogens (primary N) is 1. The lowest BCUT2D eigenvalue weighted by molar-refractivity contribution is 0.0509. The Hall–Kier alpha value is -2.42. The molecule has 0 amide bonds. The van der Waals surface area contributed by atoms with Crippen molar-refractivity contribution in [3.05, 3.63) is 106 Å². The van der Waals surface area contributed by atoms with Crippen LogP contribution < -0.4 is 5.73 Å². The van der Waals surface area contributed by atoms with Crippen molar-refractivity contribution >= 4 is 0 Å². The summed E-state index contributed by atoms with van der Waals surface area (Å²) >= 11 is 0. The van der Waals surface area contributed by atoms with Gasteiger partial charge in [0.2, 0.25) is 0 Å². The van der Waals surface area contributed by atoms with E-state index in [9.17, 15) is 5.11 Å². The minimum Gasteiger partial charge on any atom is -0.378 e. The zero-order chi connectivity index (χ0) is 18.0. The van der Waals surface area contributed by atoms with Gasteiger partial charge in [-0.2, -0.15) is 0 Å². The zero-order valence-corrected chi connectivity index (χ0v) is 15.0. The number of benzene rings is 3. The Labute approximate surface area is 150 Å². The molecule has 0 bridgehead atoms. The van der Waals surface area contributed by atoms with Gasteiger partial charge in [-0.25, -0.2) is 0 Å². The molecule has 1 atom stereocenters. The molecule has 2 heteroatoms. The molecule has 0 fully saturated rings. The van der Waals surface area contributed by atoms with Gasteiger partial charge in [0, 0.05) is 0 Å². The second-order valence-corrected chi connectivity index (χ2v) is 6.84. The Bertz CT molecular complexity index is 839. The van der Waals surface area contributed by atoms with E-state index in [0.717, 1.165) is 33.4 Å². The van der Waals surface area contributed by atoms with Gasteiger partial charge in [-0.1, -0.05) is 83.9 Å². The standard InChI is InChI=1S/C23H25NO/c1-16-8-6-11-19(14-16)23(25,20-12-7-9-17(2)15-20)22(24)21-13-5-4-10-18(21)3/h4-15,22,25H,24H2,1-3H3. The maximum absolute atomic E-state index is 11.9. The molecule has 0 saturated carbocycles. The van der Waals surface area contributed by atoms with Gasteiger partial charge >= 0.3 is 0 Å². The highest BCUT2D eigenvalue weighted by Crippen LogP contribution is 2.41. The number of hydrogen-bond donors (Lipinski definition) is 2. The van der Waals surface area contributed by atoms with Crippen LogP contribution >= 0.6 is 0 Å². The van der Waals surface area contributed by atoms with Crippen LogP contribution in [-0.4, -0.2) is 5.11 Å². The van der Waals surface area contributed by atoms with Crippen LogP contribution in [0.25, 0.3) is 0 Å². The van der Waals surface area contributed by atoms with E-state index in [-0.39, 0.29) is 0 Å². The summed E-state index contributed by atoms with van der Waals surface area (Å²) in [5, 5.41) is 11.9. The van der Waals surface area contributed by atoms with Crippen molar-refractivity contribution in [2.24, 2.45) is 5.73 Å². The van der Waals surface area contributed by atoms with E-state index >= 15 is 0 Å². The third-order valence-electron chi connectivity index (χ3n) is 4.89. The Morgan fingerprint density at radius 2 is 1.28 bits per heavy atom. The Morgan fingerprint density at radius 3 is 1.76 bits per heavy atom. The largest absolute Gasteiger partial charge is 0.378 e. The van der Waals surface area contributed by atoms with Crippen LogP contribution in [0.15, 0.2) is 72.8 Å². The van der Waals surface area contributed by atoms with E-state index < -0.39 is 11.6 Å². The van der Waals surface area contributed by atoms with Crippen LogP contribution in [0.5, 0.6) is 0 Å². The normalized spacial score (nSPS) is 12.8. The molecule has 3 aromatic rings. The first-order chi connectivity index (χ1) is 11.9. The molecule has 3 rings (SSSR count). The third-order valence-corrected chi connectivity index (χ3v) is 4.89. The molecule has 3 N–H and O–H groups in total. The third kappa shape index (κ3) is 3.23. The predicted octanol–water partition coefficient (Wildman–Crippen LogP) is 4.55. The Kier molecular flexibility index (Phi) is 4.76. The molecule has 0 heterocycles. The molecule has 25 heavy (non-hydrogen) atoms. The van der Waals surface area contributed by atoms with Gasteiger partial charge in [-0.3, -0.25) is 0 Å². The smallest absolute Gasteiger partial charge is 0.134 e. The first-order valence-corrected chi connectivity index (χ1v) is 8.60. The van der Waals surface area contributed by atoms with Crippen molar-refractivity contribution in [1.29, 1.82) is 0 Å². The van der Waals surface area contributed by atoms with Crippen molar-refractivity contribution in [3.8, 4) is 0 Å². The fraction of sp³-hybridized carbons (Fsp3) is 0.217. The van der Waals surface area contributed by atoms with Crippen LogP contribution in [0.3, 0.4) is 0 Å². The van der Waals surface area contributed by atoms with Gasteiger partial charge < -0.3 is 10.8 Å². The minimum absolute atomic E-state index is 0.572. The van der Waals surface area contributed by atoms with Gasteiger partial charge in [0.05, 0.1) is 6.04 Å². The molecule has 0 radical (unpaired) electrons. The quantitative estimate of drug-likeness (QED) is 0.737. The molecule has 1 unspecified atom stereocenters. The molecule has 0 aliphatic rings. The lowest BCUT2D eigenvalue weighted by Crippen LogP contribution is -2.40. The summed E-state index contributed by atoms with van der Waals surface area (Å²) in [6, 6.07) is 23.3. The Balaban J connectivity index is 2.24. The number of rotatable bonds is 4. The van der Waals surface area contributed by atoms with Crippen LogP contribution in [-0.2, 0) is 5.60 Å². The summed E-state index contributed by atoms with van der Waals surface area (Å²) in [6.45, 7) is 6.08. The summed E-state index contributed by atoms with van der Waals surface area (Å²) in [7, 11) is 0. The summed E-state index contributed by atoms with van der Waals surface area (Å²) in [6.07, 6.45) is 0. The van der Waals surface area contributed by atoms with Crippen molar-refractivity contribution in [2.75, 3.05) is 0 Å². The van der Waals surface area contributed by atoms with E-state index in [2.05, 4.69) is 0 Å². The topological polar surface area (TPSA) is 46.2 Å². The second-order valence-electron chi connectivity index (χ2n) is 6.84. The van der Waals surface area contributed by atoms with Crippen LogP contribution in [0.2, 0.25) is 0 Å². The van der Waals surface area contributed by atoms with Crippen LogP contribution in [0, 0.1) is 20.8 Å². The first-order valence-electron chi connectivity index (χ1n) is 8.60. The fourth-order valence-corrected chi connectivity index (χ4v) is 3.45. The average Bonchev–Trinajstić information content (AvgIpc) is 2.61. The predicted molar refractivity (Wildman–Crippen MR) is 103 cm³/mol. The van der Waals surface area contributed by atoms with Gasteiger partial charge in [-0.15, -0.1) is 0 Å². The summed E-state index contributed by atoms with van der Waals surface area (Å²) in [5.41, 5.74) is 11.2. The van der Waals surface area contributed by atoms with Crippen molar-refractivity contribution in [2.45, 2.75) is 32.4 Å². The number of aliphatic hydroxyl groups is 1. The molecule has 128 valence electrons. The highest BCUT2D eigenvalue weighted by atomic mass is 16.3. The number of hydrogen-bond acceptors (Lipinski definition) is 2. The molecule has 0 spiro atoms. The van der Waals surface area contributed by atoms with E-state index in [0.29, 0.717) is 0 Å². The van der Waals surface area contributed by atoms with Crippen LogP contribution in [0.1, 0.15) is 39.4 Å². The molecular formula is C23H25NO. The van der Waals surface area contributed by atoms with E-state index in [1.807, 2.05) is 93.6 Å². The Morgan fingerprint density at radius 1 is 0.760 bits per heavy atom. The summed E-state index contributed by atoms with van der Waals surface area (Å²) in [5.74, 6) is 0. The zero-order valence-electron chi connectivity index (χ0n) is 15.0. The minimum atomic E-state index is -1.30. The molecule has 3 aromatic carbocycles. The van der Waals surface area contributed by atoms with E-state index in [4.69, 9.17) is 5.73 Å². The van der Waals surface area contributed by atoms with E-state index in [1.54, 1.807) is 0 Å². The second kappa shape index (κ2) is 6.83. The fourth-order valence-electron chi connectivity index (χ4n) is 3.45. The van der Waals surface area contributed by atoms with Gasteiger partial charge in [0.25, 0.3) is 0 Å². The van der Waals surface area contributed by atoms with E-state index in [1.165, 1.54) is 0 Å². The average molecular weight is 331 g/mol. The lowest BCUT2D eigenvalue weighted by atomic mass is 9.76. The van der Waals surface area contributed by atoms with Gasteiger partial charge in [0.15, 0.2) is 0 Å². The van der Waals surface area contributed by atoms with Crippen molar-refractivity contribution in [1.82, 2.24) is 0 Å². The lowest BCUT2D eigenvalue weighted by Gasteiger charge is -2.36. The SMILES string of the molecule is Cc1cccc(C(O)(c2cccc(C)c2)C(N)c2ccccc2C)c1. The molecule has 0 saturated heterocycles. The maximum Gasteiger partial charge on any atom is 0.134 e. The first kappa shape index (κ1) is 17.4. The summed E-state index contributed by atoms with van der Waals surface area (Å²) < 4.78 is 0. The molecule has 0 aliphatic carbocycles. The highest BCUT2D eigenvalue weighted by molar-refractivity contribution is 5.44. The van der Waals surface area contributed by atoms with Crippen molar-refractivity contribution in [3.63, 3.8) is 0 Å². The van der Waals surface area contributed by atoms with Crippen LogP contribution in [0.4, 0.5) is 0 Å². The summed E-state index contributed by atoms with van der Waals surface area (Å²) in [4.78, 5) is 0. The number of aryl methyl sites for hydroxylation is 3. The van der Waals surface area contributed by atoms with Crippen molar-refractivity contribution < 1.29 is 5.11 Å². The van der Waals surface area contributed by atoms with Gasteiger partial charge in [-0.05, 0) is 43.0 Å². The molecular weight excluding hydrogens is 306 g/mol. The monoisotopic (exact) mass is 331 g/mol. The molecule has 2 nitrogen and oxygen atoms in total. The highest BCUT2D eigenvalue weighted by Gasteiger charge is 2.39. The molecule has 0 aromatic heterocycles. The maximum atomic E-state index is 11.9. The van der Waals surface area contributed by atoms with Gasteiger partial charge in [0.1, 0.15) is 5.60 Å². The molecule has 0 aliphatic heterocycles.